The SMILES string of the molecule is COc1ccc(C(C)C)cc1/C=C1\C(=O)NC(=S)N(c2ccc(Oc3ccccc3)cc2)C1=O. The molecule has 172 valence electrons. The molecular weight excluding hydrogens is 448 g/mol. The van der Waals surface area contributed by atoms with Gasteiger partial charge in [0.05, 0.1) is 12.8 Å². The predicted octanol–water partition coefficient (Wildman–Crippen LogP) is 5.44. The normalized spacial score (nSPS) is 15.0. The Bertz CT molecular complexity index is 1270. The van der Waals surface area contributed by atoms with Crippen LogP contribution in [0.5, 0.6) is 17.2 Å². The zero-order valence-electron chi connectivity index (χ0n) is 19.1. The van der Waals surface area contributed by atoms with E-state index in [0.29, 0.717) is 28.5 Å². The lowest BCUT2D eigenvalue weighted by Crippen LogP contribution is -2.54. The second-order valence-electron chi connectivity index (χ2n) is 8.02. The molecule has 7 heteroatoms. The summed E-state index contributed by atoms with van der Waals surface area (Å²) in [5.41, 5.74) is 2.20. The fourth-order valence-electron chi connectivity index (χ4n) is 3.56. The largest absolute Gasteiger partial charge is 0.496 e. The quantitative estimate of drug-likeness (QED) is 0.294. The van der Waals surface area contributed by atoms with E-state index in [9.17, 15) is 9.59 Å². The van der Waals surface area contributed by atoms with E-state index in [1.165, 1.54) is 4.90 Å². The van der Waals surface area contributed by atoms with Crippen LogP contribution in [0, 0.1) is 0 Å². The summed E-state index contributed by atoms with van der Waals surface area (Å²) in [6, 6.07) is 22.0. The molecule has 1 aliphatic heterocycles. The number of nitrogens with one attached hydrogen (secondary N) is 1. The molecule has 0 spiro atoms. The summed E-state index contributed by atoms with van der Waals surface area (Å²) in [4.78, 5) is 27.4. The smallest absolute Gasteiger partial charge is 0.270 e. The fourth-order valence-corrected chi connectivity index (χ4v) is 3.84. The topological polar surface area (TPSA) is 67.9 Å². The van der Waals surface area contributed by atoms with Crippen LogP contribution < -0.4 is 19.7 Å². The summed E-state index contributed by atoms with van der Waals surface area (Å²) in [7, 11) is 1.55. The Hall–Kier alpha value is -3.97. The molecule has 0 aromatic heterocycles. The van der Waals surface area contributed by atoms with Crippen LogP contribution in [0.15, 0.2) is 78.4 Å². The van der Waals surface area contributed by atoms with Crippen molar-refractivity contribution in [2.75, 3.05) is 12.0 Å². The summed E-state index contributed by atoms with van der Waals surface area (Å²) in [6.45, 7) is 4.14. The Morgan fingerprint density at radius 2 is 1.62 bits per heavy atom. The summed E-state index contributed by atoms with van der Waals surface area (Å²) in [5, 5.41) is 2.64. The van der Waals surface area contributed by atoms with E-state index < -0.39 is 11.8 Å². The van der Waals surface area contributed by atoms with Crippen LogP contribution in [0.4, 0.5) is 5.69 Å². The molecule has 34 heavy (non-hydrogen) atoms. The van der Waals surface area contributed by atoms with Gasteiger partial charge in [-0.25, -0.2) is 0 Å². The third-order valence-corrected chi connectivity index (χ3v) is 5.68. The third kappa shape index (κ3) is 4.84. The van der Waals surface area contributed by atoms with Crippen LogP contribution in [-0.4, -0.2) is 24.0 Å². The zero-order valence-corrected chi connectivity index (χ0v) is 19.9. The molecule has 0 radical (unpaired) electrons. The molecule has 1 aliphatic rings. The molecule has 1 N–H and O–H groups in total. The van der Waals surface area contributed by atoms with Crippen LogP contribution in [0.1, 0.15) is 30.9 Å². The number of carbonyl (C=O) groups is 2. The molecular formula is C27H24N2O4S. The van der Waals surface area contributed by atoms with Crippen LogP contribution in [0.2, 0.25) is 0 Å². The first kappa shape index (κ1) is 23.2. The van der Waals surface area contributed by atoms with Crippen LogP contribution in [0.3, 0.4) is 0 Å². The first-order chi connectivity index (χ1) is 16.4. The van der Waals surface area contributed by atoms with Crippen molar-refractivity contribution in [3.8, 4) is 17.2 Å². The van der Waals surface area contributed by atoms with Crippen molar-refractivity contribution in [3.05, 3.63) is 89.5 Å². The molecule has 0 saturated carbocycles. The van der Waals surface area contributed by atoms with Crippen molar-refractivity contribution in [1.29, 1.82) is 0 Å². The minimum absolute atomic E-state index is 0.0202. The van der Waals surface area contributed by atoms with Gasteiger partial charge >= 0.3 is 0 Å². The van der Waals surface area contributed by atoms with Gasteiger partial charge in [0.15, 0.2) is 5.11 Å². The molecule has 3 aromatic rings. The maximum atomic E-state index is 13.4. The highest BCUT2D eigenvalue weighted by atomic mass is 32.1. The number of ether oxygens (including phenoxy) is 2. The summed E-state index contributed by atoms with van der Waals surface area (Å²) < 4.78 is 11.3. The van der Waals surface area contributed by atoms with E-state index in [-0.39, 0.29) is 16.6 Å². The lowest BCUT2D eigenvalue weighted by molar-refractivity contribution is -0.122. The number of hydrogen-bond acceptors (Lipinski definition) is 5. The lowest BCUT2D eigenvalue weighted by atomic mass is 9.98. The Morgan fingerprint density at radius 3 is 2.26 bits per heavy atom. The lowest BCUT2D eigenvalue weighted by Gasteiger charge is -2.29. The molecule has 1 heterocycles. The van der Waals surface area contributed by atoms with Gasteiger partial charge in [-0.2, -0.15) is 0 Å². The molecule has 1 fully saturated rings. The van der Waals surface area contributed by atoms with E-state index in [4.69, 9.17) is 21.7 Å². The molecule has 2 amide bonds. The van der Waals surface area contributed by atoms with E-state index in [1.807, 2.05) is 48.5 Å². The number of benzene rings is 3. The van der Waals surface area contributed by atoms with Crippen LogP contribution in [-0.2, 0) is 9.59 Å². The minimum atomic E-state index is -0.549. The Labute approximate surface area is 203 Å². The molecule has 0 aliphatic carbocycles. The molecule has 6 nitrogen and oxygen atoms in total. The van der Waals surface area contributed by atoms with Crippen molar-refractivity contribution >= 4 is 40.9 Å². The number of anilines is 1. The highest BCUT2D eigenvalue weighted by Crippen LogP contribution is 2.30. The maximum absolute atomic E-state index is 13.4. The van der Waals surface area contributed by atoms with Gasteiger partial charge in [-0.3, -0.25) is 19.8 Å². The number of thiocarbonyl (C=S) groups is 1. The van der Waals surface area contributed by atoms with Crippen LogP contribution in [0.25, 0.3) is 6.08 Å². The molecule has 0 bridgehead atoms. The second kappa shape index (κ2) is 9.89. The molecule has 3 aromatic carbocycles. The number of nitrogens with zero attached hydrogens (tertiary/aromatic N) is 1. The van der Waals surface area contributed by atoms with Gasteiger partial charge in [0.2, 0.25) is 0 Å². The Balaban J connectivity index is 1.64. The molecule has 4 rings (SSSR count). The summed E-state index contributed by atoms with van der Waals surface area (Å²) in [6.07, 6.45) is 1.55. The van der Waals surface area contributed by atoms with E-state index in [2.05, 4.69) is 19.2 Å². The summed E-state index contributed by atoms with van der Waals surface area (Å²) in [5.74, 6) is 1.10. The molecule has 1 saturated heterocycles. The van der Waals surface area contributed by atoms with Crippen molar-refractivity contribution in [3.63, 3.8) is 0 Å². The monoisotopic (exact) mass is 472 g/mol. The van der Waals surface area contributed by atoms with Crippen molar-refractivity contribution in [2.24, 2.45) is 0 Å². The predicted molar refractivity (Wildman–Crippen MR) is 136 cm³/mol. The third-order valence-electron chi connectivity index (χ3n) is 5.40. The van der Waals surface area contributed by atoms with E-state index in [0.717, 1.165) is 5.56 Å². The summed E-state index contributed by atoms with van der Waals surface area (Å²) >= 11 is 5.31. The van der Waals surface area contributed by atoms with Gasteiger partial charge in [0, 0.05) is 5.56 Å². The van der Waals surface area contributed by atoms with E-state index in [1.54, 1.807) is 37.5 Å². The van der Waals surface area contributed by atoms with Gasteiger partial charge < -0.3 is 9.47 Å². The average Bonchev–Trinajstić information content (AvgIpc) is 2.83. The zero-order chi connectivity index (χ0) is 24.2. The maximum Gasteiger partial charge on any atom is 0.270 e. The van der Waals surface area contributed by atoms with Gasteiger partial charge in [-0.15, -0.1) is 0 Å². The number of methoxy groups -OCH3 is 1. The number of amides is 2. The first-order valence-corrected chi connectivity index (χ1v) is 11.2. The molecule has 0 unspecified atom stereocenters. The Kier molecular flexibility index (Phi) is 6.75. The minimum Gasteiger partial charge on any atom is -0.496 e. The van der Waals surface area contributed by atoms with Crippen molar-refractivity contribution < 1.29 is 19.1 Å². The van der Waals surface area contributed by atoms with Gasteiger partial charge in [-0.1, -0.05) is 38.1 Å². The average molecular weight is 473 g/mol. The highest BCUT2D eigenvalue weighted by Gasteiger charge is 2.34. The van der Waals surface area contributed by atoms with Gasteiger partial charge in [0.1, 0.15) is 22.8 Å². The van der Waals surface area contributed by atoms with Gasteiger partial charge in [0.25, 0.3) is 11.8 Å². The Morgan fingerprint density at radius 1 is 0.941 bits per heavy atom. The number of rotatable bonds is 6. The highest BCUT2D eigenvalue weighted by molar-refractivity contribution is 7.80. The second-order valence-corrected chi connectivity index (χ2v) is 8.41. The van der Waals surface area contributed by atoms with Crippen molar-refractivity contribution in [2.45, 2.75) is 19.8 Å². The number of hydrogen-bond donors (Lipinski definition) is 1. The number of carbonyl (C=O) groups excluding carboxylic acids is 2. The standard InChI is InChI=1S/C27H24N2O4S/c1-17(2)18-9-14-24(32-3)19(15-18)16-23-25(30)28-27(34)29(26(23)31)20-10-12-22(13-11-20)33-21-7-5-4-6-8-21/h4-17H,1-3H3,(H,28,30,34)/b23-16+. The first-order valence-electron chi connectivity index (χ1n) is 10.8. The molecule has 0 atom stereocenters. The van der Waals surface area contributed by atoms with Crippen LogP contribution >= 0.6 is 12.2 Å². The number of para-hydroxylation sites is 1. The van der Waals surface area contributed by atoms with E-state index >= 15 is 0 Å². The van der Waals surface area contributed by atoms with Gasteiger partial charge in [-0.05, 0) is 78.3 Å². The van der Waals surface area contributed by atoms with Crippen molar-refractivity contribution in [1.82, 2.24) is 5.32 Å². The fraction of sp³-hybridized carbons (Fsp3) is 0.148.